The molecule has 3 unspecified atom stereocenters. The van der Waals surface area contributed by atoms with Crippen molar-refractivity contribution >= 4 is 51.8 Å². The van der Waals surface area contributed by atoms with Crippen molar-refractivity contribution in [3.8, 4) is 0 Å². The van der Waals surface area contributed by atoms with Crippen molar-refractivity contribution in [1.29, 1.82) is 0 Å². The quantitative estimate of drug-likeness (QED) is 0.771. The van der Waals surface area contributed by atoms with Gasteiger partial charge in [-0.05, 0) is 40.0 Å². The normalized spacial score (nSPS) is 21.5. The second-order valence-electron chi connectivity index (χ2n) is 6.52. The number of thioether (sulfide) groups is 1. The fourth-order valence-electron chi connectivity index (χ4n) is 3.38. The lowest BCUT2D eigenvalue weighted by atomic mass is 9.89. The number of amides is 2. The Kier molecular flexibility index (Phi) is 5.15. The topological polar surface area (TPSA) is 81.4 Å². The van der Waals surface area contributed by atoms with E-state index in [1.165, 1.54) is 0 Å². The van der Waals surface area contributed by atoms with Crippen LogP contribution in [-0.2, 0) is 9.53 Å². The Hall–Kier alpha value is -2.70. The second kappa shape index (κ2) is 7.73. The van der Waals surface area contributed by atoms with Crippen molar-refractivity contribution in [2.24, 2.45) is 11.7 Å². The van der Waals surface area contributed by atoms with Crippen molar-refractivity contribution in [2.45, 2.75) is 11.4 Å². The summed E-state index contributed by atoms with van der Waals surface area (Å²) < 4.78 is 5.19. The standard InChI is InChI=1S/C21H17ClN2O3S/c22-14-6-8-18-16(10-14)17(11-28-18)19(27-21(23)26)20(25)24-15-7-5-12-3-1-2-4-13(12)9-15/h1-11,16,18-19H,(H2,23,26)(H,24,25). The van der Waals surface area contributed by atoms with Gasteiger partial charge in [0.25, 0.3) is 5.91 Å². The first-order chi connectivity index (χ1) is 13.5. The number of primary amides is 1. The Balaban J connectivity index is 1.59. The molecule has 0 fully saturated rings. The molecule has 0 saturated carbocycles. The number of anilines is 1. The molecule has 0 bridgehead atoms. The summed E-state index contributed by atoms with van der Waals surface area (Å²) in [5, 5.41) is 7.44. The molecule has 5 nitrogen and oxygen atoms in total. The van der Waals surface area contributed by atoms with E-state index in [1.54, 1.807) is 11.8 Å². The third kappa shape index (κ3) is 3.79. The van der Waals surface area contributed by atoms with E-state index in [0.717, 1.165) is 10.8 Å². The van der Waals surface area contributed by atoms with Crippen LogP contribution >= 0.6 is 23.4 Å². The van der Waals surface area contributed by atoms with E-state index < -0.39 is 18.1 Å². The fourth-order valence-corrected chi connectivity index (χ4v) is 4.76. The zero-order valence-electron chi connectivity index (χ0n) is 14.7. The van der Waals surface area contributed by atoms with Gasteiger partial charge in [-0.3, -0.25) is 4.79 Å². The molecule has 0 saturated heterocycles. The van der Waals surface area contributed by atoms with Gasteiger partial charge in [-0.25, -0.2) is 4.79 Å². The SMILES string of the molecule is NC(=O)OC(C(=O)Nc1ccc2ccccc2c1)C1=CSC2C=CC(Cl)=CC12. The highest BCUT2D eigenvalue weighted by Gasteiger charge is 2.38. The minimum absolute atomic E-state index is 0.116. The monoisotopic (exact) mass is 412 g/mol. The molecule has 1 aliphatic heterocycles. The van der Waals surface area contributed by atoms with Crippen LogP contribution in [0.1, 0.15) is 0 Å². The Labute approximate surface area is 171 Å². The molecule has 0 radical (unpaired) electrons. The highest BCUT2D eigenvalue weighted by molar-refractivity contribution is 8.03. The lowest BCUT2D eigenvalue weighted by Crippen LogP contribution is -2.38. The van der Waals surface area contributed by atoms with Gasteiger partial charge in [0.1, 0.15) is 0 Å². The number of hydrogen-bond acceptors (Lipinski definition) is 4. The number of benzene rings is 2. The van der Waals surface area contributed by atoms with Crippen LogP contribution in [0.4, 0.5) is 10.5 Å². The summed E-state index contributed by atoms with van der Waals surface area (Å²) in [7, 11) is 0. The molecule has 0 spiro atoms. The highest BCUT2D eigenvalue weighted by atomic mass is 35.5. The molecular formula is C21H17ClN2O3S. The summed E-state index contributed by atoms with van der Waals surface area (Å²) in [5.41, 5.74) is 6.51. The number of carbonyl (C=O) groups excluding carboxylic acids is 2. The predicted molar refractivity (Wildman–Crippen MR) is 113 cm³/mol. The first kappa shape index (κ1) is 18.7. The maximum atomic E-state index is 13.0. The van der Waals surface area contributed by atoms with Crippen molar-refractivity contribution in [1.82, 2.24) is 0 Å². The van der Waals surface area contributed by atoms with Crippen molar-refractivity contribution in [3.05, 3.63) is 76.7 Å². The molecule has 1 aliphatic carbocycles. The average molecular weight is 413 g/mol. The largest absolute Gasteiger partial charge is 0.432 e. The maximum Gasteiger partial charge on any atom is 0.405 e. The summed E-state index contributed by atoms with van der Waals surface area (Å²) in [6.45, 7) is 0. The Morgan fingerprint density at radius 1 is 1.18 bits per heavy atom. The Morgan fingerprint density at radius 2 is 1.96 bits per heavy atom. The number of fused-ring (bicyclic) bond motifs is 2. The van der Waals surface area contributed by atoms with Crippen LogP contribution in [0, 0.1) is 5.92 Å². The molecule has 28 heavy (non-hydrogen) atoms. The first-order valence-electron chi connectivity index (χ1n) is 8.68. The number of hydrogen-bond donors (Lipinski definition) is 2. The number of carbonyl (C=O) groups is 2. The lowest BCUT2D eigenvalue weighted by Gasteiger charge is -2.24. The van der Waals surface area contributed by atoms with E-state index >= 15 is 0 Å². The number of allylic oxidation sites excluding steroid dienone is 3. The number of ether oxygens (including phenoxy) is 1. The van der Waals surface area contributed by atoms with Crippen LogP contribution in [0.3, 0.4) is 0 Å². The molecule has 2 amide bonds. The molecular weight excluding hydrogens is 396 g/mol. The maximum absolute atomic E-state index is 13.0. The number of nitrogens with one attached hydrogen (secondary N) is 1. The summed E-state index contributed by atoms with van der Waals surface area (Å²) in [4.78, 5) is 24.4. The number of nitrogens with two attached hydrogens (primary N) is 1. The van der Waals surface area contributed by atoms with Crippen LogP contribution in [0.25, 0.3) is 10.8 Å². The molecule has 2 aromatic carbocycles. The van der Waals surface area contributed by atoms with E-state index in [2.05, 4.69) is 5.32 Å². The van der Waals surface area contributed by atoms with Gasteiger partial charge in [-0.15, -0.1) is 11.8 Å². The summed E-state index contributed by atoms with van der Waals surface area (Å²) in [5.74, 6) is -0.588. The Morgan fingerprint density at radius 3 is 2.75 bits per heavy atom. The molecule has 3 N–H and O–H groups in total. The number of halogens is 1. The Bertz CT molecular complexity index is 1050. The third-order valence-corrected chi connectivity index (χ3v) is 6.10. The molecule has 4 rings (SSSR count). The van der Waals surface area contributed by atoms with Gasteiger partial charge in [0.2, 0.25) is 6.10 Å². The molecule has 0 aromatic heterocycles. The van der Waals surface area contributed by atoms with E-state index in [-0.39, 0.29) is 11.2 Å². The van der Waals surface area contributed by atoms with Gasteiger partial charge in [-0.1, -0.05) is 54.1 Å². The van der Waals surface area contributed by atoms with Gasteiger partial charge >= 0.3 is 6.09 Å². The summed E-state index contributed by atoms with van der Waals surface area (Å²) >= 11 is 7.68. The minimum Gasteiger partial charge on any atom is -0.432 e. The second-order valence-corrected chi connectivity index (χ2v) is 8.01. The predicted octanol–water partition coefficient (Wildman–Crippen LogP) is 4.55. The van der Waals surface area contributed by atoms with Gasteiger partial charge < -0.3 is 15.8 Å². The van der Waals surface area contributed by atoms with Crippen LogP contribution in [0.2, 0.25) is 0 Å². The van der Waals surface area contributed by atoms with Gasteiger partial charge in [-0.2, -0.15) is 0 Å². The molecule has 142 valence electrons. The van der Waals surface area contributed by atoms with Gasteiger partial charge in [0.05, 0.1) is 0 Å². The zero-order valence-corrected chi connectivity index (χ0v) is 16.2. The van der Waals surface area contributed by atoms with E-state index in [1.807, 2.05) is 66.1 Å². The van der Waals surface area contributed by atoms with Crippen LogP contribution in [-0.4, -0.2) is 23.4 Å². The van der Waals surface area contributed by atoms with Crippen LogP contribution < -0.4 is 11.1 Å². The average Bonchev–Trinajstić information content (AvgIpc) is 3.08. The third-order valence-electron chi connectivity index (χ3n) is 4.68. The first-order valence-corrected chi connectivity index (χ1v) is 10.00. The summed E-state index contributed by atoms with van der Waals surface area (Å²) in [6, 6.07) is 13.4. The summed E-state index contributed by atoms with van der Waals surface area (Å²) in [6.07, 6.45) is 3.53. The number of rotatable bonds is 4. The minimum atomic E-state index is -1.13. The van der Waals surface area contributed by atoms with Crippen LogP contribution in [0.5, 0.6) is 0 Å². The highest BCUT2D eigenvalue weighted by Crippen LogP contribution is 2.43. The van der Waals surface area contributed by atoms with E-state index in [4.69, 9.17) is 22.1 Å². The molecule has 7 heteroatoms. The molecule has 1 heterocycles. The van der Waals surface area contributed by atoms with Crippen LogP contribution in [0.15, 0.2) is 76.7 Å². The van der Waals surface area contributed by atoms with Crippen molar-refractivity contribution in [2.75, 3.05) is 5.32 Å². The van der Waals surface area contributed by atoms with E-state index in [9.17, 15) is 9.59 Å². The van der Waals surface area contributed by atoms with Crippen molar-refractivity contribution < 1.29 is 14.3 Å². The molecule has 2 aromatic rings. The van der Waals surface area contributed by atoms with Gasteiger partial charge in [0, 0.05) is 21.9 Å². The molecule has 2 aliphatic rings. The van der Waals surface area contributed by atoms with Crippen molar-refractivity contribution in [3.63, 3.8) is 0 Å². The van der Waals surface area contributed by atoms with E-state index in [0.29, 0.717) is 16.3 Å². The molecule has 3 atom stereocenters. The lowest BCUT2D eigenvalue weighted by molar-refractivity contribution is -0.122. The van der Waals surface area contributed by atoms with Gasteiger partial charge in [0.15, 0.2) is 0 Å². The fraction of sp³-hybridized carbons (Fsp3) is 0.143. The zero-order chi connectivity index (χ0) is 19.7. The smallest absolute Gasteiger partial charge is 0.405 e.